The van der Waals surface area contributed by atoms with E-state index >= 15 is 0 Å². The summed E-state index contributed by atoms with van der Waals surface area (Å²) in [6, 6.07) is 12.3. The Labute approximate surface area is 284 Å². The Hall–Kier alpha value is -2.83. The number of aryl methyl sites for hydroxylation is 1. The number of hydrogen-bond acceptors (Lipinski definition) is 4. The third-order valence-electron chi connectivity index (χ3n) is 13.4. The van der Waals surface area contributed by atoms with E-state index in [9.17, 15) is 14.3 Å². The van der Waals surface area contributed by atoms with E-state index in [0.717, 1.165) is 59.8 Å². The molecule has 0 spiro atoms. The maximum absolute atomic E-state index is 14.3. The van der Waals surface area contributed by atoms with E-state index < -0.39 is 5.60 Å². The average Bonchev–Trinajstić information content (AvgIpc) is 3.53. The topological polar surface area (TPSA) is 67.5 Å². The van der Waals surface area contributed by atoms with Crippen LogP contribution in [-0.2, 0) is 11.3 Å². The monoisotopic (exact) mass is 657 g/mol. The lowest BCUT2D eigenvalue weighted by atomic mass is 9.44. The minimum atomic E-state index is -0.437. The van der Waals surface area contributed by atoms with Crippen molar-refractivity contribution in [3.63, 3.8) is 0 Å². The van der Waals surface area contributed by atoms with Gasteiger partial charge in [0.05, 0.1) is 35.4 Å². The standard InChI is InChI=1S/C22H36O2.C18H13ClFN3/c1-14(23)17-7-8-18-16-6-5-15-13-20(2,24)11-12-21(15,3)19(16)9-10-22(17,18)4;1-11-21-9-13-10-22-18(14-4-2-3-5-16(14)20)15-8-12(19)6-7-17(15)23(11)13/h15-19,24H,5-13H2,1-4H3;2-9H,10H2,1H3/t15-,16-,17+,18-,19-,20+,21-,22+;/m0./s1. The van der Waals surface area contributed by atoms with Crippen LogP contribution >= 0.6 is 11.6 Å². The van der Waals surface area contributed by atoms with Crippen molar-refractivity contribution in [2.45, 2.75) is 105 Å². The predicted octanol–water partition coefficient (Wildman–Crippen LogP) is 9.31. The number of carbonyl (C=O) groups is 1. The van der Waals surface area contributed by atoms with Crippen LogP contribution < -0.4 is 0 Å². The van der Waals surface area contributed by atoms with Gasteiger partial charge in [-0.05, 0) is 143 Å². The molecule has 1 N–H and O–H groups in total. The third-order valence-corrected chi connectivity index (χ3v) is 13.7. The van der Waals surface area contributed by atoms with E-state index in [-0.39, 0.29) is 11.2 Å². The number of ketones is 1. The Kier molecular flexibility index (Phi) is 8.31. The predicted molar refractivity (Wildman–Crippen MR) is 186 cm³/mol. The second-order valence-corrected chi connectivity index (χ2v) is 16.5. The van der Waals surface area contributed by atoms with Crippen molar-refractivity contribution in [3.8, 4) is 5.69 Å². The molecule has 4 aliphatic carbocycles. The first-order valence-corrected chi connectivity index (χ1v) is 18.1. The number of Topliss-reactive ketones (excluding diaryl/α,β-unsaturated/α-hetero) is 1. The molecule has 0 unspecified atom stereocenters. The number of benzene rings is 2. The summed E-state index contributed by atoms with van der Waals surface area (Å²) in [5.41, 5.74) is 4.06. The van der Waals surface area contributed by atoms with Gasteiger partial charge in [-0.15, -0.1) is 0 Å². The minimum Gasteiger partial charge on any atom is -0.390 e. The summed E-state index contributed by atoms with van der Waals surface area (Å²) in [4.78, 5) is 21.2. The van der Waals surface area contributed by atoms with E-state index in [4.69, 9.17) is 11.6 Å². The maximum atomic E-state index is 14.3. The van der Waals surface area contributed by atoms with Gasteiger partial charge in [-0.1, -0.05) is 37.6 Å². The molecule has 4 fully saturated rings. The number of aliphatic imine (C=N–C) groups is 1. The minimum absolute atomic E-state index is 0.274. The van der Waals surface area contributed by atoms with Gasteiger partial charge in [-0.3, -0.25) is 14.4 Å². The van der Waals surface area contributed by atoms with E-state index in [1.165, 1.54) is 44.6 Å². The number of aromatic nitrogens is 2. The molecule has 2 aromatic carbocycles. The molecule has 5 nitrogen and oxygen atoms in total. The SMILES string of the molecule is CC(=O)[C@H]1CC[C@H]2[C@@H]3CC[C@H]4C[C@](C)(O)CC[C@]4(C)[C@H]3CC[C@]12C.Cc1ncc2n1-c1ccc(Cl)cc1C(c1ccccc1F)=NC2. The summed E-state index contributed by atoms with van der Waals surface area (Å²) in [5, 5.41) is 11.2. The summed E-state index contributed by atoms with van der Waals surface area (Å²) in [6.07, 6.45) is 12.6. The molecule has 8 atom stereocenters. The summed E-state index contributed by atoms with van der Waals surface area (Å²) in [6.45, 7) is 11.2. The lowest BCUT2D eigenvalue weighted by Crippen LogP contribution is -2.55. The third kappa shape index (κ3) is 5.52. The number of fused-ring (bicyclic) bond motifs is 8. The molecule has 5 aliphatic rings. The summed E-state index contributed by atoms with van der Waals surface area (Å²) >= 11 is 6.19. The number of rotatable bonds is 2. The largest absolute Gasteiger partial charge is 0.390 e. The van der Waals surface area contributed by atoms with Crippen LogP contribution in [0.3, 0.4) is 0 Å². The number of halogens is 2. The zero-order chi connectivity index (χ0) is 33.3. The van der Waals surface area contributed by atoms with Crippen molar-refractivity contribution in [3.05, 3.63) is 82.1 Å². The quantitative estimate of drug-likeness (QED) is 0.299. The first kappa shape index (κ1) is 32.7. The fraction of sp³-hybridized carbons (Fsp3) is 0.575. The van der Waals surface area contributed by atoms with Gasteiger partial charge in [-0.2, -0.15) is 0 Å². The van der Waals surface area contributed by atoms with Crippen LogP contribution in [0.4, 0.5) is 4.39 Å². The van der Waals surface area contributed by atoms with Crippen molar-refractivity contribution in [1.29, 1.82) is 0 Å². The molecule has 2 heterocycles. The molecule has 47 heavy (non-hydrogen) atoms. The van der Waals surface area contributed by atoms with Gasteiger partial charge in [0.15, 0.2) is 0 Å². The molecule has 0 radical (unpaired) electrons. The molecule has 1 aliphatic heterocycles. The number of hydrogen-bond donors (Lipinski definition) is 1. The summed E-state index contributed by atoms with van der Waals surface area (Å²) < 4.78 is 16.3. The van der Waals surface area contributed by atoms with Crippen LogP contribution in [-0.4, -0.2) is 31.8 Å². The Morgan fingerprint density at radius 1 is 0.957 bits per heavy atom. The second-order valence-electron chi connectivity index (χ2n) is 16.1. The molecule has 3 aromatic rings. The van der Waals surface area contributed by atoms with Crippen LogP contribution in [0.15, 0.2) is 53.7 Å². The zero-order valence-corrected chi connectivity index (χ0v) is 29.3. The Bertz CT molecular complexity index is 1730. The van der Waals surface area contributed by atoms with Crippen LogP contribution in [0.2, 0.25) is 5.02 Å². The highest BCUT2D eigenvalue weighted by atomic mass is 35.5. The van der Waals surface area contributed by atoms with Gasteiger partial charge in [0.25, 0.3) is 0 Å². The fourth-order valence-electron chi connectivity index (χ4n) is 11.1. The number of nitrogens with zero attached hydrogens (tertiary/aromatic N) is 3. The van der Waals surface area contributed by atoms with Crippen molar-refractivity contribution in [1.82, 2.24) is 9.55 Å². The first-order chi connectivity index (χ1) is 22.3. The van der Waals surface area contributed by atoms with Crippen LogP contribution in [0.5, 0.6) is 0 Å². The van der Waals surface area contributed by atoms with Crippen molar-refractivity contribution in [2.24, 2.45) is 45.4 Å². The van der Waals surface area contributed by atoms with Crippen molar-refractivity contribution in [2.75, 3.05) is 0 Å². The van der Waals surface area contributed by atoms with Crippen LogP contribution in [0.1, 0.15) is 108 Å². The average molecular weight is 658 g/mol. The van der Waals surface area contributed by atoms with Gasteiger partial charge in [0, 0.05) is 22.1 Å². The van der Waals surface area contributed by atoms with Crippen LogP contribution in [0.25, 0.3) is 5.69 Å². The Balaban J connectivity index is 0.000000150. The fourth-order valence-corrected chi connectivity index (χ4v) is 11.2. The van der Waals surface area contributed by atoms with E-state index in [1.807, 2.05) is 55.8 Å². The van der Waals surface area contributed by atoms with Crippen LogP contribution in [0, 0.1) is 53.2 Å². The molecular formula is C40H49ClFN3O2. The van der Waals surface area contributed by atoms with Gasteiger partial charge >= 0.3 is 0 Å². The normalized spacial score (nSPS) is 35.5. The number of aliphatic hydroxyl groups is 1. The lowest BCUT2D eigenvalue weighted by molar-refractivity contribution is -0.150. The maximum Gasteiger partial charge on any atom is 0.133 e. The molecule has 250 valence electrons. The number of imidazole rings is 1. The molecule has 4 saturated carbocycles. The van der Waals surface area contributed by atoms with Gasteiger partial charge in [-0.25, -0.2) is 9.37 Å². The zero-order valence-electron chi connectivity index (χ0n) is 28.5. The highest BCUT2D eigenvalue weighted by molar-refractivity contribution is 6.31. The second kappa shape index (κ2) is 11.9. The molecule has 7 heteroatoms. The molecule has 8 rings (SSSR count). The smallest absolute Gasteiger partial charge is 0.133 e. The molecule has 0 bridgehead atoms. The van der Waals surface area contributed by atoms with Crippen molar-refractivity contribution >= 4 is 23.1 Å². The molecule has 1 aromatic heterocycles. The first-order valence-electron chi connectivity index (χ1n) is 17.7. The summed E-state index contributed by atoms with van der Waals surface area (Å²) in [7, 11) is 0. The molecule has 0 amide bonds. The number of carbonyl (C=O) groups excluding carboxylic acids is 1. The van der Waals surface area contributed by atoms with E-state index in [0.29, 0.717) is 45.9 Å². The van der Waals surface area contributed by atoms with Gasteiger partial charge < -0.3 is 5.11 Å². The van der Waals surface area contributed by atoms with Crippen molar-refractivity contribution < 1.29 is 14.3 Å². The highest BCUT2D eigenvalue weighted by Crippen LogP contribution is 2.68. The van der Waals surface area contributed by atoms with E-state index in [1.54, 1.807) is 12.1 Å². The molecular weight excluding hydrogens is 609 g/mol. The molecule has 0 saturated heterocycles. The Morgan fingerprint density at radius 3 is 2.49 bits per heavy atom. The van der Waals surface area contributed by atoms with Gasteiger partial charge in [0.2, 0.25) is 0 Å². The van der Waals surface area contributed by atoms with E-state index in [2.05, 4.69) is 23.8 Å². The Morgan fingerprint density at radius 2 is 1.72 bits per heavy atom. The lowest BCUT2D eigenvalue weighted by Gasteiger charge is -2.61. The summed E-state index contributed by atoms with van der Waals surface area (Å²) in [5.74, 6) is 4.47. The highest BCUT2D eigenvalue weighted by Gasteiger charge is 2.61. The van der Waals surface area contributed by atoms with Gasteiger partial charge in [0.1, 0.15) is 17.4 Å².